The van der Waals surface area contributed by atoms with E-state index in [0.717, 1.165) is 30.9 Å². The molecule has 1 spiro atoms. The van der Waals surface area contributed by atoms with Crippen LogP contribution in [0.3, 0.4) is 0 Å². The number of nitrogens with zero attached hydrogens (tertiary/aromatic N) is 3. The number of carboxylic acids is 1. The van der Waals surface area contributed by atoms with Crippen LogP contribution in [0.15, 0.2) is 48.7 Å². The zero-order valence-electron chi connectivity index (χ0n) is 18.1. The second kappa shape index (κ2) is 9.68. The molecule has 2 aliphatic rings. The van der Waals surface area contributed by atoms with Crippen molar-refractivity contribution in [2.75, 3.05) is 30.3 Å². The lowest BCUT2D eigenvalue weighted by Crippen LogP contribution is -2.39. The molecular formula is C22H26F3N3O4S. The summed E-state index contributed by atoms with van der Waals surface area (Å²) in [6.45, 7) is 4.70. The van der Waals surface area contributed by atoms with Crippen LogP contribution < -0.4 is 4.90 Å². The summed E-state index contributed by atoms with van der Waals surface area (Å²) in [5.74, 6) is -2.53. The molecule has 2 aliphatic heterocycles. The van der Waals surface area contributed by atoms with E-state index < -0.39 is 22.2 Å². The predicted molar refractivity (Wildman–Crippen MR) is 117 cm³/mol. The molecule has 0 amide bonds. The summed E-state index contributed by atoms with van der Waals surface area (Å²) in [5, 5.41) is 7.12. The Hall–Kier alpha value is -2.66. The van der Waals surface area contributed by atoms with E-state index in [1.54, 1.807) is 4.31 Å². The molecule has 1 atom stereocenters. The fourth-order valence-corrected chi connectivity index (χ4v) is 5.90. The maximum absolute atomic E-state index is 12.5. The number of carboxylic acid groups (broad SMARTS) is 1. The maximum Gasteiger partial charge on any atom is 0.490 e. The number of hydrogen-bond donors (Lipinski definition) is 1. The Bertz CT molecular complexity index is 1080. The summed E-state index contributed by atoms with van der Waals surface area (Å²) in [6.07, 6.45) is -1.76. The normalized spacial score (nSPS) is 20.4. The number of aromatic nitrogens is 1. The Labute approximate surface area is 190 Å². The monoisotopic (exact) mass is 485 g/mol. The average Bonchev–Trinajstić information content (AvgIpc) is 3.32. The molecule has 0 aliphatic carbocycles. The Morgan fingerprint density at radius 3 is 2.42 bits per heavy atom. The zero-order valence-corrected chi connectivity index (χ0v) is 18.9. The van der Waals surface area contributed by atoms with Crippen LogP contribution in [0.25, 0.3) is 0 Å². The van der Waals surface area contributed by atoms with Gasteiger partial charge in [-0.05, 0) is 30.5 Å². The molecule has 2 aromatic rings. The van der Waals surface area contributed by atoms with Gasteiger partial charge in [0, 0.05) is 37.8 Å². The van der Waals surface area contributed by atoms with Crippen LogP contribution in [0.4, 0.5) is 18.9 Å². The highest BCUT2D eigenvalue weighted by Gasteiger charge is 2.50. The highest BCUT2D eigenvalue weighted by molar-refractivity contribution is 7.89. The highest BCUT2D eigenvalue weighted by Crippen LogP contribution is 2.46. The first-order chi connectivity index (χ1) is 15.5. The lowest BCUT2D eigenvalue weighted by atomic mass is 9.85. The van der Waals surface area contributed by atoms with Gasteiger partial charge in [-0.3, -0.25) is 4.98 Å². The van der Waals surface area contributed by atoms with Gasteiger partial charge in [0.15, 0.2) is 0 Å². The predicted octanol–water partition coefficient (Wildman–Crippen LogP) is 3.42. The number of carbonyl (C=O) groups is 1. The van der Waals surface area contributed by atoms with E-state index in [1.165, 1.54) is 5.56 Å². The van der Waals surface area contributed by atoms with Crippen LogP contribution in [0.1, 0.15) is 31.0 Å². The van der Waals surface area contributed by atoms with Gasteiger partial charge in [0.05, 0.1) is 17.1 Å². The summed E-state index contributed by atoms with van der Waals surface area (Å²) >= 11 is 0. The van der Waals surface area contributed by atoms with Crippen molar-refractivity contribution in [3.05, 3.63) is 59.9 Å². The number of rotatable bonds is 5. The fraction of sp³-hybridized carbons (Fsp3) is 0.455. The van der Waals surface area contributed by atoms with Gasteiger partial charge in [-0.2, -0.15) is 13.2 Å². The molecule has 0 saturated carbocycles. The summed E-state index contributed by atoms with van der Waals surface area (Å²) in [4.78, 5) is 15.9. The van der Waals surface area contributed by atoms with E-state index in [0.29, 0.717) is 19.5 Å². The molecule has 1 N–H and O–H groups in total. The summed E-state index contributed by atoms with van der Waals surface area (Å²) < 4.78 is 58.5. The van der Waals surface area contributed by atoms with Crippen LogP contribution in [0, 0.1) is 0 Å². The minimum absolute atomic E-state index is 0.188. The zero-order chi connectivity index (χ0) is 24.3. The lowest BCUT2D eigenvalue weighted by molar-refractivity contribution is -0.192. The van der Waals surface area contributed by atoms with Crippen LogP contribution in [-0.2, 0) is 26.8 Å². The maximum atomic E-state index is 12.5. The van der Waals surface area contributed by atoms with Crippen LogP contribution in [0.2, 0.25) is 0 Å². The van der Waals surface area contributed by atoms with Crippen molar-refractivity contribution < 1.29 is 31.5 Å². The quantitative estimate of drug-likeness (QED) is 0.698. The van der Waals surface area contributed by atoms with Crippen LogP contribution >= 0.6 is 0 Å². The minimum Gasteiger partial charge on any atom is -0.475 e. The van der Waals surface area contributed by atoms with Crippen molar-refractivity contribution in [2.45, 2.75) is 37.9 Å². The Morgan fingerprint density at radius 2 is 1.82 bits per heavy atom. The molecule has 4 rings (SSSR count). The number of sulfonamides is 1. The number of pyridine rings is 1. The second-order valence-electron chi connectivity index (χ2n) is 8.20. The number of anilines is 1. The molecule has 1 unspecified atom stereocenters. The lowest BCUT2D eigenvalue weighted by Gasteiger charge is -2.25. The third kappa shape index (κ3) is 5.64. The van der Waals surface area contributed by atoms with Crippen molar-refractivity contribution in [3.8, 4) is 0 Å². The molecular weight excluding hydrogens is 459 g/mol. The number of hydrogen-bond acceptors (Lipinski definition) is 5. The first-order valence-electron chi connectivity index (χ1n) is 10.5. The Kier molecular flexibility index (Phi) is 7.32. The first-order valence-corrected chi connectivity index (χ1v) is 12.1. The largest absolute Gasteiger partial charge is 0.490 e. The van der Waals surface area contributed by atoms with Gasteiger partial charge in [0.2, 0.25) is 10.0 Å². The van der Waals surface area contributed by atoms with Crippen molar-refractivity contribution >= 4 is 21.7 Å². The van der Waals surface area contributed by atoms with Crippen molar-refractivity contribution in [1.29, 1.82) is 0 Å². The molecule has 0 bridgehead atoms. The fourth-order valence-electron chi connectivity index (χ4n) is 4.31. The SMILES string of the molecule is CCCS(=O)(=O)N1CCC2(CN(Cc3ccccc3)c3cccnc32)C1.O=C(O)C(F)(F)F. The van der Waals surface area contributed by atoms with E-state index in [4.69, 9.17) is 9.90 Å². The van der Waals surface area contributed by atoms with Gasteiger partial charge >= 0.3 is 12.1 Å². The molecule has 1 saturated heterocycles. The topological polar surface area (TPSA) is 90.8 Å². The molecule has 3 heterocycles. The van der Waals surface area contributed by atoms with Crippen molar-refractivity contribution in [2.24, 2.45) is 0 Å². The summed E-state index contributed by atoms with van der Waals surface area (Å²) in [7, 11) is -3.17. The van der Waals surface area contributed by atoms with Gasteiger partial charge in [-0.1, -0.05) is 37.3 Å². The van der Waals surface area contributed by atoms with E-state index in [2.05, 4.69) is 40.2 Å². The third-order valence-corrected chi connectivity index (χ3v) is 7.78. The summed E-state index contributed by atoms with van der Waals surface area (Å²) in [5.41, 5.74) is 3.27. The van der Waals surface area contributed by atoms with Crippen LogP contribution in [-0.4, -0.2) is 60.3 Å². The third-order valence-electron chi connectivity index (χ3n) is 5.76. The number of alkyl halides is 3. The minimum atomic E-state index is -5.08. The molecule has 1 fully saturated rings. The van der Waals surface area contributed by atoms with Crippen LogP contribution in [0.5, 0.6) is 0 Å². The molecule has 0 radical (unpaired) electrons. The number of aliphatic carboxylic acids is 1. The van der Waals surface area contributed by atoms with Crippen molar-refractivity contribution in [3.63, 3.8) is 0 Å². The molecule has 1 aromatic heterocycles. The number of benzene rings is 1. The Balaban J connectivity index is 0.000000383. The molecule has 33 heavy (non-hydrogen) atoms. The van der Waals surface area contributed by atoms with Gasteiger partial charge in [0.1, 0.15) is 0 Å². The molecule has 1 aromatic carbocycles. The van der Waals surface area contributed by atoms with Gasteiger partial charge in [-0.15, -0.1) is 0 Å². The first kappa shape index (κ1) is 25.0. The molecule has 180 valence electrons. The molecule has 7 nitrogen and oxygen atoms in total. The van der Waals surface area contributed by atoms with E-state index >= 15 is 0 Å². The standard InChI is InChI=1S/C20H25N3O2S.C2HF3O2/c1-2-13-26(24,25)23-12-10-20(16-23)15-22(14-17-7-4-3-5-8-17)18-9-6-11-21-19(18)20;3-2(4,5)1(6)7/h3-9,11H,2,10,12-16H2,1H3;(H,6,7). The highest BCUT2D eigenvalue weighted by atomic mass is 32.2. The van der Waals surface area contributed by atoms with E-state index in [9.17, 15) is 21.6 Å². The van der Waals surface area contributed by atoms with E-state index in [1.807, 2.05) is 25.3 Å². The van der Waals surface area contributed by atoms with Crippen molar-refractivity contribution in [1.82, 2.24) is 9.29 Å². The second-order valence-corrected chi connectivity index (χ2v) is 10.3. The smallest absolute Gasteiger partial charge is 0.475 e. The molecule has 11 heteroatoms. The average molecular weight is 486 g/mol. The van der Waals surface area contributed by atoms with Gasteiger partial charge < -0.3 is 10.0 Å². The Morgan fingerprint density at radius 1 is 1.15 bits per heavy atom. The summed E-state index contributed by atoms with van der Waals surface area (Å²) in [6, 6.07) is 14.5. The van der Waals surface area contributed by atoms with Gasteiger partial charge in [-0.25, -0.2) is 17.5 Å². The van der Waals surface area contributed by atoms with E-state index in [-0.39, 0.29) is 11.2 Å². The number of halogens is 3. The number of fused-ring (bicyclic) bond motifs is 2. The van der Waals surface area contributed by atoms with Gasteiger partial charge in [0.25, 0.3) is 0 Å².